The monoisotopic (exact) mass is 337 g/mol. The summed E-state index contributed by atoms with van der Waals surface area (Å²) in [4.78, 5) is 16.9. The van der Waals surface area contributed by atoms with Crippen molar-refractivity contribution in [3.05, 3.63) is 34.9 Å². The van der Waals surface area contributed by atoms with E-state index in [9.17, 15) is 4.79 Å². The molecule has 2 aliphatic heterocycles. The van der Waals surface area contributed by atoms with Gasteiger partial charge in [-0.1, -0.05) is 23.7 Å². The van der Waals surface area contributed by atoms with E-state index in [1.807, 2.05) is 30.0 Å². The van der Waals surface area contributed by atoms with E-state index in [-0.39, 0.29) is 18.1 Å². The van der Waals surface area contributed by atoms with Crippen molar-refractivity contribution < 1.29 is 9.53 Å². The van der Waals surface area contributed by atoms with E-state index in [0.717, 1.165) is 44.3 Å². The fourth-order valence-corrected chi connectivity index (χ4v) is 3.44. The molecule has 3 rings (SSSR count). The Morgan fingerprint density at radius 1 is 1.35 bits per heavy atom. The van der Waals surface area contributed by atoms with Gasteiger partial charge >= 0.3 is 0 Å². The first-order valence-electron chi connectivity index (χ1n) is 8.24. The first kappa shape index (κ1) is 16.7. The number of amides is 1. The molecule has 2 heterocycles. The van der Waals surface area contributed by atoms with Gasteiger partial charge in [0.2, 0.25) is 5.91 Å². The Labute approximate surface area is 142 Å². The predicted molar refractivity (Wildman–Crippen MR) is 90.5 cm³/mol. The summed E-state index contributed by atoms with van der Waals surface area (Å²) >= 11 is 6.04. The highest BCUT2D eigenvalue weighted by molar-refractivity contribution is 6.30. The molecule has 0 aliphatic carbocycles. The largest absolute Gasteiger partial charge is 0.375 e. The number of carbonyl (C=O) groups is 1. The van der Waals surface area contributed by atoms with Gasteiger partial charge in [0, 0.05) is 44.3 Å². The highest BCUT2D eigenvalue weighted by Gasteiger charge is 2.33. The maximum Gasteiger partial charge on any atom is 0.242 e. The van der Waals surface area contributed by atoms with Crippen molar-refractivity contribution >= 4 is 17.5 Å². The number of morpholine rings is 1. The standard InChI is InChI=1S/C17H24ClN3O2/c1-13-16(19-5-10-23-13)17(22)21-8-6-20(7-9-21)12-14-3-2-4-15(18)11-14/h2-4,11,13,16,19H,5-10,12H2,1H3/t13-,16+/m1/s1. The smallest absolute Gasteiger partial charge is 0.242 e. The minimum Gasteiger partial charge on any atom is -0.375 e. The molecule has 0 bridgehead atoms. The summed E-state index contributed by atoms with van der Waals surface area (Å²) in [5.41, 5.74) is 1.22. The predicted octanol–water partition coefficient (Wildman–Crippen LogP) is 1.36. The van der Waals surface area contributed by atoms with Crippen LogP contribution in [-0.2, 0) is 16.1 Å². The first-order chi connectivity index (χ1) is 11.1. The van der Waals surface area contributed by atoms with Gasteiger partial charge in [-0.15, -0.1) is 0 Å². The van der Waals surface area contributed by atoms with Crippen LogP contribution in [-0.4, -0.2) is 67.2 Å². The van der Waals surface area contributed by atoms with Crippen LogP contribution in [0, 0.1) is 0 Å². The SMILES string of the molecule is C[C@H]1OCCN[C@@H]1C(=O)N1CCN(Cc2cccc(Cl)c2)CC1. The third-order valence-corrected chi connectivity index (χ3v) is 4.80. The Morgan fingerprint density at radius 2 is 2.13 bits per heavy atom. The van der Waals surface area contributed by atoms with Crippen LogP contribution in [0.15, 0.2) is 24.3 Å². The molecule has 0 unspecified atom stereocenters. The van der Waals surface area contributed by atoms with Crippen molar-refractivity contribution in [3.8, 4) is 0 Å². The van der Waals surface area contributed by atoms with E-state index in [1.54, 1.807) is 0 Å². The summed E-state index contributed by atoms with van der Waals surface area (Å²) in [5.74, 6) is 0.166. The van der Waals surface area contributed by atoms with Gasteiger partial charge in [-0.05, 0) is 24.6 Å². The van der Waals surface area contributed by atoms with Crippen LogP contribution in [0.4, 0.5) is 0 Å². The van der Waals surface area contributed by atoms with Gasteiger partial charge in [-0.2, -0.15) is 0 Å². The highest BCUT2D eigenvalue weighted by Crippen LogP contribution is 2.15. The zero-order valence-electron chi connectivity index (χ0n) is 13.5. The lowest BCUT2D eigenvalue weighted by molar-refractivity contribution is -0.141. The van der Waals surface area contributed by atoms with Crippen LogP contribution in [0.25, 0.3) is 0 Å². The number of nitrogens with one attached hydrogen (secondary N) is 1. The van der Waals surface area contributed by atoms with Crippen LogP contribution >= 0.6 is 11.6 Å². The molecule has 2 fully saturated rings. The molecule has 1 N–H and O–H groups in total. The number of rotatable bonds is 3. The maximum atomic E-state index is 12.6. The maximum absolute atomic E-state index is 12.6. The molecule has 1 aromatic rings. The number of hydrogen-bond acceptors (Lipinski definition) is 4. The quantitative estimate of drug-likeness (QED) is 0.904. The van der Waals surface area contributed by atoms with Crippen LogP contribution in [0.2, 0.25) is 5.02 Å². The molecule has 5 nitrogen and oxygen atoms in total. The van der Waals surface area contributed by atoms with Crippen molar-refractivity contribution in [2.75, 3.05) is 39.3 Å². The van der Waals surface area contributed by atoms with Gasteiger partial charge in [-0.25, -0.2) is 0 Å². The lowest BCUT2D eigenvalue weighted by Gasteiger charge is -2.38. The lowest BCUT2D eigenvalue weighted by atomic mass is 10.1. The lowest BCUT2D eigenvalue weighted by Crippen LogP contribution is -2.59. The fourth-order valence-electron chi connectivity index (χ4n) is 3.23. The van der Waals surface area contributed by atoms with Crippen molar-refractivity contribution in [3.63, 3.8) is 0 Å². The molecular formula is C17H24ClN3O2. The summed E-state index contributed by atoms with van der Waals surface area (Å²) in [6.07, 6.45) is -0.0549. The number of ether oxygens (including phenoxy) is 1. The second-order valence-electron chi connectivity index (χ2n) is 6.24. The summed E-state index contributed by atoms with van der Waals surface area (Å²) in [6.45, 7) is 7.58. The van der Waals surface area contributed by atoms with Crippen molar-refractivity contribution in [2.24, 2.45) is 0 Å². The first-order valence-corrected chi connectivity index (χ1v) is 8.62. The van der Waals surface area contributed by atoms with Crippen LogP contribution in [0.3, 0.4) is 0 Å². The van der Waals surface area contributed by atoms with E-state index in [0.29, 0.717) is 6.61 Å². The number of carbonyl (C=O) groups excluding carboxylic acids is 1. The topological polar surface area (TPSA) is 44.8 Å². The zero-order valence-corrected chi connectivity index (χ0v) is 14.3. The number of hydrogen-bond donors (Lipinski definition) is 1. The van der Waals surface area contributed by atoms with Gasteiger partial charge in [0.25, 0.3) is 0 Å². The van der Waals surface area contributed by atoms with Crippen LogP contribution in [0.1, 0.15) is 12.5 Å². The van der Waals surface area contributed by atoms with Crippen LogP contribution in [0.5, 0.6) is 0 Å². The minimum absolute atomic E-state index is 0.0549. The molecule has 0 aromatic heterocycles. The van der Waals surface area contributed by atoms with E-state index in [2.05, 4.69) is 16.3 Å². The van der Waals surface area contributed by atoms with Crippen LogP contribution < -0.4 is 5.32 Å². The highest BCUT2D eigenvalue weighted by atomic mass is 35.5. The van der Waals surface area contributed by atoms with Gasteiger partial charge in [0.15, 0.2) is 0 Å². The number of halogens is 1. The third-order valence-electron chi connectivity index (χ3n) is 4.56. The molecule has 23 heavy (non-hydrogen) atoms. The molecule has 1 amide bonds. The summed E-state index contributed by atoms with van der Waals surface area (Å²) < 4.78 is 5.58. The fraction of sp³-hybridized carbons (Fsp3) is 0.588. The second kappa shape index (κ2) is 7.62. The second-order valence-corrected chi connectivity index (χ2v) is 6.68. The van der Waals surface area contributed by atoms with E-state index in [4.69, 9.17) is 16.3 Å². The van der Waals surface area contributed by atoms with Gasteiger partial charge in [0.05, 0.1) is 12.7 Å². The molecule has 0 spiro atoms. The molecular weight excluding hydrogens is 314 g/mol. The van der Waals surface area contributed by atoms with Crippen molar-refractivity contribution in [1.29, 1.82) is 0 Å². The molecule has 0 radical (unpaired) electrons. The molecule has 6 heteroatoms. The Balaban J connectivity index is 1.51. The minimum atomic E-state index is -0.205. The van der Waals surface area contributed by atoms with E-state index < -0.39 is 0 Å². The normalized spacial score (nSPS) is 26.3. The number of nitrogens with zero attached hydrogens (tertiary/aromatic N) is 2. The summed E-state index contributed by atoms with van der Waals surface area (Å²) in [7, 11) is 0. The third kappa shape index (κ3) is 4.23. The Bertz CT molecular complexity index is 546. The Morgan fingerprint density at radius 3 is 2.83 bits per heavy atom. The van der Waals surface area contributed by atoms with E-state index >= 15 is 0 Å². The molecule has 2 saturated heterocycles. The van der Waals surface area contributed by atoms with Crippen molar-refractivity contribution in [1.82, 2.24) is 15.1 Å². The average Bonchev–Trinajstić information content (AvgIpc) is 2.55. The summed E-state index contributed by atoms with van der Waals surface area (Å²) in [5, 5.41) is 4.05. The zero-order chi connectivity index (χ0) is 16.2. The van der Waals surface area contributed by atoms with E-state index in [1.165, 1.54) is 5.56 Å². The van der Waals surface area contributed by atoms with Gasteiger partial charge in [0.1, 0.15) is 6.04 Å². The summed E-state index contributed by atoms with van der Waals surface area (Å²) in [6, 6.07) is 7.76. The Hall–Kier alpha value is -1.14. The van der Waals surface area contributed by atoms with Gasteiger partial charge in [-0.3, -0.25) is 9.69 Å². The molecule has 126 valence electrons. The molecule has 2 aliphatic rings. The molecule has 1 aromatic carbocycles. The average molecular weight is 338 g/mol. The number of benzene rings is 1. The molecule has 2 atom stereocenters. The number of piperazine rings is 1. The molecule has 0 saturated carbocycles. The van der Waals surface area contributed by atoms with Gasteiger partial charge < -0.3 is 15.0 Å². The van der Waals surface area contributed by atoms with Crippen molar-refractivity contribution in [2.45, 2.75) is 25.6 Å². The Kier molecular flexibility index (Phi) is 5.54.